The SMILES string of the molecule is COc1ccc(CC2(CO)CCN(C(C)C)CC2)cc1. The summed E-state index contributed by atoms with van der Waals surface area (Å²) in [6, 6.07) is 8.84. The monoisotopic (exact) mass is 277 g/mol. The Kier molecular flexibility index (Phi) is 5.06. The van der Waals surface area contributed by atoms with Crippen LogP contribution in [0, 0.1) is 5.41 Å². The Hall–Kier alpha value is -1.06. The number of likely N-dealkylation sites (tertiary alicyclic amines) is 1. The topological polar surface area (TPSA) is 32.7 Å². The lowest BCUT2D eigenvalue weighted by Crippen LogP contribution is -2.45. The minimum atomic E-state index is 0.0555. The van der Waals surface area contributed by atoms with Gasteiger partial charge in [-0.15, -0.1) is 0 Å². The molecule has 3 heteroatoms. The van der Waals surface area contributed by atoms with E-state index in [9.17, 15) is 5.11 Å². The third kappa shape index (κ3) is 3.53. The number of benzene rings is 1. The number of ether oxygens (including phenoxy) is 1. The van der Waals surface area contributed by atoms with Crippen molar-refractivity contribution in [3.05, 3.63) is 29.8 Å². The van der Waals surface area contributed by atoms with E-state index in [1.165, 1.54) is 5.56 Å². The van der Waals surface area contributed by atoms with Crippen LogP contribution in [0.5, 0.6) is 5.75 Å². The van der Waals surface area contributed by atoms with Gasteiger partial charge in [0.15, 0.2) is 0 Å². The number of nitrogens with zero attached hydrogens (tertiary/aromatic N) is 1. The lowest BCUT2D eigenvalue weighted by Gasteiger charge is -2.42. The van der Waals surface area contributed by atoms with E-state index in [0.717, 1.165) is 38.1 Å². The van der Waals surface area contributed by atoms with Gasteiger partial charge in [-0.2, -0.15) is 0 Å². The Morgan fingerprint density at radius 3 is 2.25 bits per heavy atom. The summed E-state index contributed by atoms with van der Waals surface area (Å²) in [5, 5.41) is 9.89. The van der Waals surface area contributed by atoms with E-state index >= 15 is 0 Å². The van der Waals surface area contributed by atoms with Gasteiger partial charge in [0.25, 0.3) is 0 Å². The van der Waals surface area contributed by atoms with Gasteiger partial charge in [-0.05, 0) is 69.3 Å². The summed E-state index contributed by atoms with van der Waals surface area (Å²) in [5.74, 6) is 0.890. The molecule has 3 nitrogen and oxygen atoms in total. The van der Waals surface area contributed by atoms with E-state index < -0.39 is 0 Å². The average molecular weight is 277 g/mol. The van der Waals surface area contributed by atoms with Gasteiger partial charge in [-0.3, -0.25) is 0 Å². The quantitative estimate of drug-likeness (QED) is 0.898. The van der Waals surface area contributed by atoms with Crippen LogP contribution in [0.4, 0.5) is 0 Å². The van der Waals surface area contributed by atoms with E-state index in [4.69, 9.17) is 4.74 Å². The molecule has 2 rings (SSSR count). The summed E-state index contributed by atoms with van der Waals surface area (Å²) in [7, 11) is 1.69. The van der Waals surface area contributed by atoms with Gasteiger partial charge < -0.3 is 14.7 Å². The molecule has 0 atom stereocenters. The van der Waals surface area contributed by atoms with Crippen LogP contribution in [-0.4, -0.2) is 42.9 Å². The van der Waals surface area contributed by atoms with Crippen LogP contribution >= 0.6 is 0 Å². The van der Waals surface area contributed by atoms with Crippen molar-refractivity contribution in [2.45, 2.75) is 39.2 Å². The highest BCUT2D eigenvalue weighted by Gasteiger charge is 2.34. The van der Waals surface area contributed by atoms with Crippen molar-refractivity contribution in [2.75, 3.05) is 26.8 Å². The molecule has 1 aliphatic heterocycles. The normalized spacial score (nSPS) is 19.2. The Labute approximate surface area is 122 Å². The number of piperidine rings is 1. The number of methoxy groups -OCH3 is 1. The zero-order valence-corrected chi connectivity index (χ0v) is 12.9. The van der Waals surface area contributed by atoms with Gasteiger partial charge >= 0.3 is 0 Å². The van der Waals surface area contributed by atoms with Crippen molar-refractivity contribution in [3.63, 3.8) is 0 Å². The maximum atomic E-state index is 9.89. The third-order valence-corrected chi connectivity index (χ3v) is 4.66. The molecule has 0 aliphatic carbocycles. The average Bonchev–Trinajstić information content (AvgIpc) is 2.48. The lowest BCUT2D eigenvalue weighted by molar-refractivity contribution is 0.0331. The molecule has 112 valence electrons. The molecule has 1 aromatic rings. The molecule has 1 aromatic carbocycles. The zero-order valence-electron chi connectivity index (χ0n) is 12.9. The van der Waals surface area contributed by atoms with Crippen LogP contribution in [0.25, 0.3) is 0 Å². The van der Waals surface area contributed by atoms with Gasteiger partial charge in [0.2, 0.25) is 0 Å². The summed E-state index contributed by atoms with van der Waals surface area (Å²) < 4.78 is 5.19. The highest BCUT2D eigenvalue weighted by Crippen LogP contribution is 2.35. The fourth-order valence-corrected chi connectivity index (χ4v) is 3.08. The highest BCUT2D eigenvalue weighted by molar-refractivity contribution is 5.28. The van der Waals surface area contributed by atoms with Crippen LogP contribution in [0.2, 0.25) is 0 Å². The first-order valence-electron chi connectivity index (χ1n) is 7.56. The van der Waals surface area contributed by atoms with Crippen LogP contribution in [-0.2, 0) is 6.42 Å². The third-order valence-electron chi connectivity index (χ3n) is 4.66. The summed E-state index contributed by atoms with van der Waals surface area (Å²) in [5.41, 5.74) is 1.35. The largest absolute Gasteiger partial charge is 0.497 e. The molecule has 0 aromatic heterocycles. The highest BCUT2D eigenvalue weighted by atomic mass is 16.5. The van der Waals surface area contributed by atoms with Crippen LogP contribution < -0.4 is 4.74 Å². The van der Waals surface area contributed by atoms with Crippen LogP contribution in [0.1, 0.15) is 32.3 Å². The van der Waals surface area contributed by atoms with Crippen LogP contribution in [0.15, 0.2) is 24.3 Å². The molecular weight excluding hydrogens is 250 g/mol. The standard InChI is InChI=1S/C17H27NO2/c1-14(2)18-10-8-17(13-19,9-11-18)12-15-4-6-16(20-3)7-5-15/h4-7,14,19H,8-13H2,1-3H3. The summed E-state index contributed by atoms with van der Waals surface area (Å²) in [6.07, 6.45) is 3.11. The number of hydrogen-bond acceptors (Lipinski definition) is 3. The number of aliphatic hydroxyl groups is 1. The predicted molar refractivity (Wildman–Crippen MR) is 82.2 cm³/mol. The number of rotatable bonds is 5. The second-order valence-electron chi connectivity index (χ2n) is 6.31. The summed E-state index contributed by atoms with van der Waals surface area (Å²) in [6.45, 7) is 6.96. The van der Waals surface area contributed by atoms with Crippen molar-refractivity contribution in [3.8, 4) is 5.75 Å². The van der Waals surface area contributed by atoms with Gasteiger partial charge in [0, 0.05) is 12.6 Å². The molecule has 1 heterocycles. The Balaban J connectivity index is 2.01. The molecule has 0 saturated carbocycles. The van der Waals surface area contributed by atoms with Crippen molar-refractivity contribution in [1.29, 1.82) is 0 Å². The Morgan fingerprint density at radius 1 is 1.20 bits per heavy atom. The Bertz CT molecular complexity index is 406. The smallest absolute Gasteiger partial charge is 0.118 e. The summed E-state index contributed by atoms with van der Waals surface area (Å²) >= 11 is 0. The van der Waals surface area contributed by atoms with E-state index in [1.807, 2.05) is 12.1 Å². The first-order chi connectivity index (χ1) is 9.58. The van der Waals surface area contributed by atoms with Gasteiger partial charge in [-0.1, -0.05) is 12.1 Å². The minimum absolute atomic E-state index is 0.0555. The second-order valence-corrected chi connectivity index (χ2v) is 6.31. The van der Waals surface area contributed by atoms with Gasteiger partial charge in [-0.25, -0.2) is 0 Å². The number of aliphatic hydroxyl groups excluding tert-OH is 1. The number of hydrogen-bond donors (Lipinski definition) is 1. The second kappa shape index (κ2) is 6.59. The fraction of sp³-hybridized carbons (Fsp3) is 0.647. The lowest BCUT2D eigenvalue weighted by atomic mass is 9.74. The molecule has 1 fully saturated rings. The molecule has 0 radical (unpaired) electrons. The first kappa shape index (κ1) is 15.3. The van der Waals surface area contributed by atoms with E-state index in [0.29, 0.717) is 6.04 Å². The van der Waals surface area contributed by atoms with E-state index in [2.05, 4.69) is 30.9 Å². The van der Waals surface area contributed by atoms with Gasteiger partial charge in [0.1, 0.15) is 5.75 Å². The maximum absolute atomic E-state index is 9.89. The fourth-order valence-electron chi connectivity index (χ4n) is 3.08. The molecule has 0 amide bonds. The van der Waals surface area contributed by atoms with Crippen LogP contribution in [0.3, 0.4) is 0 Å². The maximum Gasteiger partial charge on any atom is 0.118 e. The molecule has 0 spiro atoms. The van der Waals surface area contributed by atoms with Crippen molar-refractivity contribution >= 4 is 0 Å². The van der Waals surface area contributed by atoms with Crippen molar-refractivity contribution in [2.24, 2.45) is 5.41 Å². The zero-order chi connectivity index (χ0) is 14.6. The van der Waals surface area contributed by atoms with E-state index in [-0.39, 0.29) is 12.0 Å². The first-order valence-corrected chi connectivity index (χ1v) is 7.56. The molecule has 20 heavy (non-hydrogen) atoms. The molecule has 0 bridgehead atoms. The molecule has 1 saturated heterocycles. The summed E-state index contributed by atoms with van der Waals surface area (Å²) in [4.78, 5) is 2.50. The molecular formula is C17H27NO2. The Morgan fingerprint density at radius 2 is 1.80 bits per heavy atom. The molecule has 1 N–H and O–H groups in total. The molecule has 1 aliphatic rings. The molecule has 0 unspecified atom stereocenters. The predicted octanol–water partition coefficient (Wildman–Crippen LogP) is 2.72. The van der Waals surface area contributed by atoms with E-state index in [1.54, 1.807) is 7.11 Å². The van der Waals surface area contributed by atoms with Crippen molar-refractivity contribution in [1.82, 2.24) is 4.90 Å². The van der Waals surface area contributed by atoms with Crippen molar-refractivity contribution < 1.29 is 9.84 Å². The minimum Gasteiger partial charge on any atom is -0.497 e. The van der Waals surface area contributed by atoms with Gasteiger partial charge in [0.05, 0.1) is 7.11 Å².